The zero-order valence-corrected chi connectivity index (χ0v) is 20.8. The quantitative estimate of drug-likeness (QED) is 0.240. The van der Waals surface area contributed by atoms with Gasteiger partial charge in [0.05, 0.1) is 11.1 Å². The molecule has 3 aromatic rings. The third kappa shape index (κ3) is 9.21. The largest absolute Gasteiger partial charge is 0.573 e. The van der Waals surface area contributed by atoms with Gasteiger partial charge >= 0.3 is 30.9 Å². The van der Waals surface area contributed by atoms with E-state index in [9.17, 15) is 54.2 Å². The number of ether oxygens (including phenoxy) is 2. The van der Waals surface area contributed by atoms with E-state index >= 15 is 0 Å². The molecule has 0 spiro atoms. The number of halogens is 9. The molecule has 0 saturated heterocycles. The van der Waals surface area contributed by atoms with E-state index in [-0.39, 0.29) is 22.3 Å². The van der Waals surface area contributed by atoms with Gasteiger partial charge in [0.25, 0.3) is 0 Å². The summed E-state index contributed by atoms with van der Waals surface area (Å²) in [4.78, 5) is 24.3. The van der Waals surface area contributed by atoms with Crippen LogP contribution in [0.2, 0.25) is 0 Å². The van der Waals surface area contributed by atoms with E-state index in [2.05, 4.69) is 14.8 Å². The second-order valence-corrected chi connectivity index (χ2v) is 8.66. The third-order valence-electron chi connectivity index (χ3n) is 5.54. The topological polar surface area (TPSA) is 96.9 Å². The number of carboxylic acid groups (broad SMARTS) is 1. The van der Waals surface area contributed by atoms with Crippen LogP contribution in [-0.2, 0) is 12.0 Å². The molecule has 0 saturated carbocycles. The van der Waals surface area contributed by atoms with E-state index in [1.807, 2.05) is 0 Å². The molecular weight excluding hydrogens is 591 g/mol. The van der Waals surface area contributed by atoms with E-state index in [1.54, 1.807) is 5.32 Å². The van der Waals surface area contributed by atoms with Crippen molar-refractivity contribution in [2.75, 3.05) is 6.54 Å². The van der Waals surface area contributed by atoms with Crippen LogP contribution in [0.3, 0.4) is 0 Å². The fraction of sp³-hybridized carbons (Fsp3) is 0.231. The van der Waals surface area contributed by atoms with Crippen LogP contribution in [0.5, 0.6) is 11.5 Å². The van der Waals surface area contributed by atoms with Crippen LogP contribution in [0.15, 0.2) is 72.8 Å². The molecule has 2 amide bonds. The van der Waals surface area contributed by atoms with Crippen LogP contribution in [0.25, 0.3) is 0 Å². The summed E-state index contributed by atoms with van der Waals surface area (Å²) >= 11 is 0. The Morgan fingerprint density at radius 3 is 1.67 bits per heavy atom. The lowest BCUT2D eigenvalue weighted by molar-refractivity contribution is -0.275. The lowest BCUT2D eigenvalue weighted by Crippen LogP contribution is -2.53. The summed E-state index contributed by atoms with van der Waals surface area (Å²) in [5, 5.41) is 13.2. The van der Waals surface area contributed by atoms with E-state index < -0.39 is 60.9 Å². The van der Waals surface area contributed by atoms with Gasteiger partial charge in [-0.25, -0.2) is 9.59 Å². The molecule has 226 valence electrons. The van der Waals surface area contributed by atoms with Gasteiger partial charge in [0.2, 0.25) is 0 Å². The first-order chi connectivity index (χ1) is 19.4. The predicted molar refractivity (Wildman–Crippen MR) is 127 cm³/mol. The van der Waals surface area contributed by atoms with E-state index in [0.29, 0.717) is 0 Å². The van der Waals surface area contributed by atoms with Crippen molar-refractivity contribution in [1.82, 2.24) is 10.6 Å². The SMILES string of the molecule is O=C(NCC(F)(F)F)NC(Cc1cccc(C(=O)O)c1)(c1cccc(OC(F)(F)F)c1)c1cccc(OC(F)(F)F)c1. The molecule has 3 N–H and O–H groups in total. The first-order valence-corrected chi connectivity index (χ1v) is 11.5. The number of aromatic carboxylic acids is 1. The molecule has 0 radical (unpaired) electrons. The molecule has 0 aliphatic carbocycles. The Balaban J connectivity index is 2.28. The number of rotatable bonds is 9. The standard InChI is InChI=1S/C26H19F9N2O5/c27-24(28,29)14-36-22(40)37-23(13-15-4-1-5-16(10-15)21(38)39,17-6-2-8-19(11-17)41-25(30,31)32)18-7-3-9-20(12-18)42-26(33,34)35/h1-12H,13-14H2,(H,38,39)(H2,36,37,40). The van der Waals surface area contributed by atoms with E-state index in [0.717, 1.165) is 54.6 Å². The molecular formula is C26H19F9N2O5. The number of carbonyl (C=O) groups excluding carboxylic acids is 1. The Bertz CT molecular complexity index is 1360. The van der Waals surface area contributed by atoms with E-state index in [4.69, 9.17) is 0 Å². The van der Waals surface area contributed by atoms with Crippen molar-refractivity contribution in [2.24, 2.45) is 0 Å². The normalized spacial score (nSPS) is 12.4. The summed E-state index contributed by atoms with van der Waals surface area (Å²) < 4.78 is 124. The highest BCUT2D eigenvalue weighted by molar-refractivity contribution is 5.87. The summed E-state index contributed by atoms with van der Waals surface area (Å²) in [6.07, 6.45) is -15.8. The van der Waals surface area contributed by atoms with Gasteiger partial charge in [-0.05, 0) is 53.1 Å². The second kappa shape index (κ2) is 12.1. The lowest BCUT2D eigenvalue weighted by Gasteiger charge is -2.37. The summed E-state index contributed by atoms with van der Waals surface area (Å²) in [6, 6.07) is 11.1. The average Bonchev–Trinajstić information content (AvgIpc) is 2.85. The first-order valence-electron chi connectivity index (χ1n) is 11.5. The molecule has 3 aromatic carbocycles. The smallest absolute Gasteiger partial charge is 0.478 e. The van der Waals surface area contributed by atoms with Gasteiger partial charge < -0.3 is 25.2 Å². The number of carbonyl (C=O) groups is 2. The number of benzene rings is 3. The van der Waals surface area contributed by atoms with Crippen LogP contribution in [0.4, 0.5) is 44.3 Å². The molecule has 0 heterocycles. The predicted octanol–water partition coefficient (Wildman–Crippen LogP) is 6.53. The number of nitrogens with one attached hydrogen (secondary N) is 2. The molecule has 0 bridgehead atoms. The van der Waals surface area contributed by atoms with Crippen LogP contribution >= 0.6 is 0 Å². The maximum Gasteiger partial charge on any atom is 0.573 e. The van der Waals surface area contributed by atoms with Gasteiger partial charge in [-0.3, -0.25) is 0 Å². The van der Waals surface area contributed by atoms with Crippen LogP contribution in [-0.4, -0.2) is 42.6 Å². The number of amides is 2. The van der Waals surface area contributed by atoms with Gasteiger partial charge in [-0.1, -0.05) is 36.4 Å². The monoisotopic (exact) mass is 610 g/mol. The number of alkyl halides is 9. The minimum absolute atomic E-state index is 0.0790. The maximum absolute atomic E-state index is 13.0. The van der Waals surface area contributed by atoms with Crippen molar-refractivity contribution in [3.05, 3.63) is 95.1 Å². The van der Waals surface area contributed by atoms with Gasteiger partial charge in [0.1, 0.15) is 18.0 Å². The van der Waals surface area contributed by atoms with Gasteiger partial charge in [0, 0.05) is 6.42 Å². The zero-order valence-electron chi connectivity index (χ0n) is 20.8. The van der Waals surface area contributed by atoms with Crippen molar-refractivity contribution in [2.45, 2.75) is 30.9 Å². The molecule has 0 atom stereocenters. The Morgan fingerprint density at radius 2 is 1.21 bits per heavy atom. The van der Waals surface area contributed by atoms with Crippen LogP contribution in [0, 0.1) is 0 Å². The van der Waals surface area contributed by atoms with Gasteiger partial charge in [-0.15, -0.1) is 26.3 Å². The Morgan fingerprint density at radius 1 is 0.714 bits per heavy atom. The van der Waals surface area contributed by atoms with Gasteiger partial charge in [-0.2, -0.15) is 13.2 Å². The summed E-state index contributed by atoms with van der Waals surface area (Å²) in [7, 11) is 0. The average molecular weight is 610 g/mol. The molecule has 0 aromatic heterocycles. The minimum Gasteiger partial charge on any atom is -0.478 e. The van der Waals surface area contributed by atoms with Crippen LogP contribution in [0.1, 0.15) is 27.0 Å². The lowest BCUT2D eigenvalue weighted by atomic mass is 9.77. The summed E-state index contributed by atoms with van der Waals surface area (Å²) in [5.74, 6) is -3.05. The molecule has 0 unspecified atom stereocenters. The Kier molecular flexibility index (Phi) is 9.17. The third-order valence-corrected chi connectivity index (χ3v) is 5.54. The van der Waals surface area contributed by atoms with Crippen molar-refractivity contribution in [3.63, 3.8) is 0 Å². The Hall–Kier alpha value is -4.63. The fourth-order valence-electron chi connectivity index (χ4n) is 4.02. The molecule has 16 heteroatoms. The zero-order chi connectivity index (χ0) is 31.3. The highest BCUT2D eigenvalue weighted by atomic mass is 19.4. The van der Waals surface area contributed by atoms with Crippen LogP contribution < -0.4 is 20.1 Å². The van der Waals surface area contributed by atoms with Crippen molar-refractivity contribution >= 4 is 12.0 Å². The van der Waals surface area contributed by atoms with Crippen molar-refractivity contribution in [3.8, 4) is 11.5 Å². The van der Waals surface area contributed by atoms with Crippen molar-refractivity contribution in [1.29, 1.82) is 0 Å². The molecule has 42 heavy (non-hydrogen) atoms. The summed E-state index contributed by atoms with van der Waals surface area (Å²) in [6.45, 7) is -1.84. The summed E-state index contributed by atoms with van der Waals surface area (Å²) in [5.41, 5.74) is -2.97. The van der Waals surface area contributed by atoms with Crippen molar-refractivity contribution < 1.29 is 63.7 Å². The molecule has 0 aliphatic rings. The fourth-order valence-corrected chi connectivity index (χ4v) is 4.02. The highest BCUT2D eigenvalue weighted by Crippen LogP contribution is 2.38. The highest BCUT2D eigenvalue weighted by Gasteiger charge is 2.40. The maximum atomic E-state index is 13.0. The molecule has 0 fully saturated rings. The molecule has 0 aliphatic heterocycles. The number of hydrogen-bond acceptors (Lipinski definition) is 4. The number of hydrogen-bond donors (Lipinski definition) is 3. The van der Waals surface area contributed by atoms with Gasteiger partial charge in [0.15, 0.2) is 0 Å². The first kappa shape index (κ1) is 31.9. The number of urea groups is 1. The number of carboxylic acids is 1. The molecule has 7 nitrogen and oxygen atoms in total. The Labute approximate surface area is 230 Å². The minimum atomic E-state index is -5.19. The second-order valence-electron chi connectivity index (χ2n) is 8.66. The van der Waals surface area contributed by atoms with E-state index in [1.165, 1.54) is 18.2 Å². The molecule has 3 rings (SSSR count).